The molecule has 3 N–H and O–H groups in total. The van der Waals surface area contributed by atoms with E-state index in [1.54, 1.807) is 0 Å². The van der Waals surface area contributed by atoms with Crippen molar-refractivity contribution in [2.75, 3.05) is 6.61 Å². The number of hydrogen-bond donors (Lipinski definition) is 3. The molecule has 0 aromatic rings. The predicted octanol–water partition coefficient (Wildman–Crippen LogP) is 14.9. The van der Waals surface area contributed by atoms with Crippen molar-refractivity contribution in [3.63, 3.8) is 0 Å². The van der Waals surface area contributed by atoms with Crippen LogP contribution in [0, 0.1) is 0 Å². The van der Waals surface area contributed by atoms with Crippen LogP contribution >= 0.6 is 0 Å². The van der Waals surface area contributed by atoms with E-state index in [0.717, 1.165) is 25.7 Å². The molecule has 0 heterocycles. The molecule has 2 unspecified atom stereocenters. The number of aliphatic hydroxyl groups excluding tert-OH is 2. The molecular formula is C47H95NO3. The Morgan fingerprint density at radius 3 is 0.882 bits per heavy atom. The fourth-order valence-corrected chi connectivity index (χ4v) is 7.72. The van der Waals surface area contributed by atoms with Crippen LogP contribution in [-0.2, 0) is 4.79 Å². The highest BCUT2D eigenvalue weighted by Gasteiger charge is 2.20. The van der Waals surface area contributed by atoms with Gasteiger partial charge in [-0.2, -0.15) is 0 Å². The van der Waals surface area contributed by atoms with Gasteiger partial charge in [0.15, 0.2) is 0 Å². The molecule has 4 heteroatoms. The van der Waals surface area contributed by atoms with Gasteiger partial charge in [-0.25, -0.2) is 0 Å². The Morgan fingerprint density at radius 1 is 0.392 bits per heavy atom. The smallest absolute Gasteiger partial charge is 0.220 e. The summed E-state index contributed by atoms with van der Waals surface area (Å²) in [4.78, 5) is 12.3. The van der Waals surface area contributed by atoms with Crippen molar-refractivity contribution in [3.05, 3.63) is 0 Å². The van der Waals surface area contributed by atoms with Gasteiger partial charge in [0.1, 0.15) is 0 Å². The van der Waals surface area contributed by atoms with Crippen molar-refractivity contribution in [1.82, 2.24) is 5.32 Å². The molecule has 0 aliphatic carbocycles. The van der Waals surface area contributed by atoms with Crippen LogP contribution in [0.3, 0.4) is 0 Å². The Morgan fingerprint density at radius 2 is 0.627 bits per heavy atom. The predicted molar refractivity (Wildman–Crippen MR) is 226 cm³/mol. The standard InChI is InChI=1S/C47H95NO3/c1-3-5-7-9-11-13-15-16-17-18-19-20-21-22-23-24-25-26-27-28-29-30-31-33-34-36-38-40-42-46(50)45(44-49)48-47(51)43-41-39-37-35-32-14-12-10-8-6-4-2/h45-46,49-50H,3-44H2,1-2H3,(H,48,51). The maximum atomic E-state index is 12.3. The highest BCUT2D eigenvalue weighted by molar-refractivity contribution is 5.76. The lowest BCUT2D eigenvalue weighted by atomic mass is 10.0. The molecule has 51 heavy (non-hydrogen) atoms. The first kappa shape index (κ1) is 50.4. The fourth-order valence-electron chi connectivity index (χ4n) is 7.72. The van der Waals surface area contributed by atoms with Gasteiger partial charge in [0.25, 0.3) is 0 Å². The SMILES string of the molecule is CCCCCCCCCCCCCCCCCCCCCCCCCCCCCCC(O)C(CO)NC(=O)CCCCCCCCCCCCC. The number of carbonyl (C=O) groups is 1. The van der Waals surface area contributed by atoms with E-state index in [2.05, 4.69) is 19.2 Å². The van der Waals surface area contributed by atoms with Gasteiger partial charge in [-0.05, 0) is 12.8 Å². The maximum Gasteiger partial charge on any atom is 0.220 e. The topological polar surface area (TPSA) is 69.6 Å². The molecule has 0 saturated carbocycles. The molecule has 0 radical (unpaired) electrons. The lowest BCUT2D eigenvalue weighted by Crippen LogP contribution is -2.45. The van der Waals surface area contributed by atoms with Crippen molar-refractivity contribution in [2.24, 2.45) is 0 Å². The second-order valence-corrected chi connectivity index (χ2v) is 16.5. The highest BCUT2D eigenvalue weighted by Crippen LogP contribution is 2.17. The van der Waals surface area contributed by atoms with Gasteiger partial charge in [0, 0.05) is 6.42 Å². The Labute approximate surface area is 321 Å². The zero-order valence-electron chi connectivity index (χ0n) is 35.2. The molecule has 0 rings (SSSR count). The van der Waals surface area contributed by atoms with Crippen LogP contribution < -0.4 is 5.32 Å². The first-order valence-corrected chi connectivity index (χ1v) is 23.7. The fraction of sp³-hybridized carbons (Fsp3) is 0.979. The molecule has 0 spiro atoms. The van der Waals surface area contributed by atoms with E-state index in [9.17, 15) is 15.0 Å². The third kappa shape index (κ3) is 40.4. The third-order valence-electron chi connectivity index (χ3n) is 11.4. The van der Waals surface area contributed by atoms with E-state index in [0.29, 0.717) is 12.8 Å². The normalized spacial score (nSPS) is 12.8. The summed E-state index contributed by atoms with van der Waals surface area (Å²) in [7, 11) is 0. The van der Waals surface area contributed by atoms with Gasteiger partial charge >= 0.3 is 0 Å². The number of unbranched alkanes of at least 4 members (excludes halogenated alkanes) is 37. The molecule has 1 amide bonds. The summed E-state index contributed by atoms with van der Waals surface area (Å²) in [6.07, 6.45) is 53.5. The molecule has 0 bridgehead atoms. The molecule has 4 nitrogen and oxygen atoms in total. The number of rotatable bonds is 44. The molecular weight excluding hydrogens is 627 g/mol. The maximum absolute atomic E-state index is 12.3. The highest BCUT2D eigenvalue weighted by atomic mass is 16.3. The first-order chi connectivity index (χ1) is 25.2. The van der Waals surface area contributed by atoms with E-state index in [1.807, 2.05) is 0 Å². The number of nitrogens with one attached hydrogen (secondary N) is 1. The largest absolute Gasteiger partial charge is 0.394 e. The lowest BCUT2D eigenvalue weighted by Gasteiger charge is -2.22. The van der Waals surface area contributed by atoms with Crippen molar-refractivity contribution < 1.29 is 15.0 Å². The van der Waals surface area contributed by atoms with Crippen LogP contribution in [0.4, 0.5) is 0 Å². The Hall–Kier alpha value is -0.610. The lowest BCUT2D eigenvalue weighted by molar-refractivity contribution is -0.123. The molecule has 0 aromatic heterocycles. The summed E-state index contributed by atoms with van der Waals surface area (Å²) in [5, 5.41) is 23.2. The average molecular weight is 722 g/mol. The molecule has 0 aliphatic rings. The van der Waals surface area contributed by atoms with Crippen LogP contribution in [0.2, 0.25) is 0 Å². The Balaban J connectivity index is 3.38. The minimum absolute atomic E-state index is 0.0283. The summed E-state index contributed by atoms with van der Waals surface area (Å²) in [5.74, 6) is -0.0283. The Bertz CT molecular complexity index is 655. The summed E-state index contributed by atoms with van der Waals surface area (Å²) < 4.78 is 0. The van der Waals surface area contributed by atoms with E-state index in [4.69, 9.17) is 0 Å². The number of aliphatic hydroxyl groups is 2. The molecule has 0 aromatic carbocycles. The Kier molecular flexibility index (Phi) is 43.3. The zero-order chi connectivity index (χ0) is 37.1. The van der Waals surface area contributed by atoms with Gasteiger partial charge < -0.3 is 15.5 Å². The number of hydrogen-bond acceptors (Lipinski definition) is 3. The summed E-state index contributed by atoms with van der Waals surface area (Å²) in [6.45, 7) is 4.37. The molecule has 0 aliphatic heterocycles. The van der Waals surface area contributed by atoms with Gasteiger partial charge in [-0.3, -0.25) is 4.79 Å². The van der Waals surface area contributed by atoms with E-state index < -0.39 is 12.1 Å². The van der Waals surface area contributed by atoms with Crippen LogP contribution in [-0.4, -0.2) is 34.9 Å². The molecule has 306 valence electrons. The third-order valence-corrected chi connectivity index (χ3v) is 11.4. The minimum Gasteiger partial charge on any atom is -0.394 e. The molecule has 0 fully saturated rings. The molecule has 2 atom stereocenters. The van der Waals surface area contributed by atoms with Crippen molar-refractivity contribution in [3.8, 4) is 0 Å². The molecule has 0 saturated heterocycles. The quantitative estimate of drug-likeness (QED) is 0.0549. The van der Waals surface area contributed by atoms with Crippen molar-refractivity contribution >= 4 is 5.91 Å². The summed E-state index contributed by atoms with van der Waals surface area (Å²) >= 11 is 0. The first-order valence-electron chi connectivity index (χ1n) is 23.7. The van der Waals surface area contributed by atoms with Crippen LogP contribution in [0.5, 0.6) is 0 Å². The van der Waals surface area contributed by atoms with Gasteiger partial charge in [-0.15, -0.1) is 0 Å². The van der Waals surface area contributed by atoms with Gasteiger partial charge in [-0.1, -0.05) is 258 Å². The van der Waals surface area contributed by atoms with E-state index >= 15 is 0 Å². The second kappa shape index (κ2) is 43.8. The summed E-state index contributed by atoms with van der Waals surface area (Å²) in [5.41, 5.74) is 0. The number of carbonyl (C=O) groups excluding carboxylic acids is 1. The van der Waals surface area contributed by atoms with Crippen LogP contribution in [0.25, 0.3) is 0 Å². The monoisotopic (exact) mass is 722 g/mol. The minimum atomic E-state index is -0.652. The van der Waals surface area contributed by atoms with Gasteiger partial charge in [0.2, 0.25) is 5.91 Å². The van der Waals surface area contributed by atoms with Crippen molar-refractivity contribution in [2.45, 2.75) is 289 Å². The number of amides is 1. The second-order valence-electron chi connectivity index (χ2n) is 16.5. The van der Waals surface area contributed by atoms with Crippen molar-refractivity contribution in [1.29, 1.82) is 0 Å². The van der Waals surface area contributed by atoms with Crippen LogP contribution in [0.15, 0.2) is 0 Å². The summed E-state index contributed by atoms with van der Waals surface area (Å²) in [6, 6.07) is -0.529. The van der Waals surface area contributed by atoms with Gasteiger partial charge in [0.05, 0.1) is 18.8 Å². The zero-order valence-corrected chi connectivity index (χ0v) is 35.2. The van der Waals surface area contributed by atoms with E-state index in [-0.39, 0.29) is 12.5 Å². The average Bonchev–Trinajstić information content (AvgIpc) is 3.13. The van der Waals surface area contributed by atoms with E-state index in [1.165, 1.54) is 225 Å². The van der Waals surface area contributed by atoms with Crippen LogP contribution in [0.1, 0.15) is 277 Å².